The number of hydrogen-bond acceptors (Lipinski definition) is 3. The van der Waals surface area contributed by atoms with E-state index < -0.39 is 0 Å². The Labute approximate surface area is 237 Å². The first-order valence-corrected chi connectivity index (χ1v) is 14.8. The van der Waals surface area contributed by atoms with Crippen molar-refractivity contribution in [2.75, 3.05) is 32.7 Å². The lowest BCUT2D eigenvalue weighted by atomic mass is 9.79. The Kier molecular flexibility index (Phi) is 8.63. The average molecular weight is 549 g/mol. The minimum atomic E-state index is -0.360. The number of fused-ring (bicyclic) bond motifs is 1. The van der Waals surface area contributed by atoms with Crippen LogP contribution in [-0.4, -0.2) is 65.4 Å². The Morgan fingerprint density at radius 2 is 1.77 bits per heavy atom. The van der Waals surface area contributed by atoms with Crippen molar-refractivity contribution in [3.8, 4) is 0 Å². The molecule has 4 aliphatic rings. The Hall–Kier alpha value is -2.83. The zero-order valence-corrected chi connectivity index (χ0v) is 23.9. The molecule has 0 radical (unpaired) electrons. The van der Waals surface area contributed by atoms with Gasteiger partial charge in [0.25, 0.3) is 0 Å². The van der Waals surface area contributed by atoms with E-state index in [1.165, 1.54) is 16.7 Å². The molecule has 3 atom stereocenters. The minimum absolute atomic E-state index is 0.101. The van der Waals surface area contributed by atoms with Crippen molar-refractivity contribution >= 4 is 23.5 Å². The number of carbonyl (C=O) groups is 2. The average Bonchev–Trinajstić information content (AvgIpc) is 2.94. The number of piperazine rings is 1. The van der Waals surface area contributed by atoms with E-state index in [1.54, 1.807) is 4.90 Å². The predicted octanol–water partition coefficient (Wildman–Crippen LogP) is 5.73. The van der Waals surface area contributed by atoms with Gasteiger partial charge in [-0.1, -0.05) is 74.0 Å². The smallest absolute Gasteiger partial charge is 0.314 e. The maximum Gasteiger partial charge on any atom is 0.314 e. The number of nitrogens with zero attached hydrogens (tertiary/aromatic N) is 3. The van der Waals surface area contributed by atoms with Crippen LogP contribution in [0.4, 0.5) is 4.79 Å². The number of urea groups is 1. The van der Waals surface area contributed by atoms with E-state index in [0.717, 1.165) is 43.9 Å². The number of primary amides is 1. The summed E-state index contributed by atoms with van der Waals surface area (Å²) in [6.07, 6.45) is 16.8. The standard InChI is InChI=1S/C32H41ClN4O2/c1-22(2)29-21-36(18-19-37(29)30(38)20-23-14-16-35(17-15-23)32(34)39)31(25-10-12-26(33)13-11-25)28-9-5-7-24-6-3-4-8-27(24)28/h3-6,8-13,22-24,29,31H,7,14-21H2,1-2H3,(H2,34,39)/t24?,29-,31?/m1/s1. The normalized spacial score (nSPS) is 24.8. The van der Waals surface area contributed by atoms with Gasteiger partial charge in [0.05, 0.1) is 6.04 Å². The fourth-order valence-corrected chi connectivity index (χ4v) is 6.81. The lowest BCUT2D eigenvalue weighted by molar-refractivity contribution is -0.139. The van der Waals surface area contributed by atoms with Gasteiger partial charge in [-0.15, -0.1) is 0 Å². The number of carbonyl (C=O) groups excluding carboxylic acids is 2. The third kappa shape index (κ3) is 6.17. The molecule has 2 unspecified atom stereocenters. The second-order valence-electron chi connectivity index (χ2n) is 11.7. The van der Waals surface area contributed by atoms with E-state index in [2.05, 4.69) is 72.2 Å². The first-order valence-electron chi connectivity index (χ1n) is 14.4. The van der Waals surface area contributed by atoms with Gasteiger partial charge in [0.1, 0.15) is 0 Å². The van der Waals surface area contributed by atoms with Crippen LogP contribution in [0, 0.1) is 17.8 Å². The number of hydrogen-bond donors (Lipinski definition) is 1. The van der Waals surface area contributed by atoms with Gasteiger partial charge >= 0.3 is 6.03 Å². The van der Waals surface area contributed by atoms with Crippen LogP contribution in [0.15, 0.2) is 71.9 Å². The number of benzene rings is 1. The summed E-state index contributed by atoms with van der Waals surface area (Å²) in [4.78, 5) is 31.5. The van der Waals surface area contributed by atoms with Gasteiger partial charge in [-0.25, -0.2) is 4.79 Å². The molecule has 5 rings (SSSR count). The lowest BCUT2D eigenvalue weighted by Gasteiger charge is -2.47. The van der Waals surface area contributed by atoms with Crippen molar-refractivity contribution in [2.24, 2.45) is 23.5 Å². The zero-order chi connectivity index (χ0) is 27.5. The van der Waals surface area contributed by atoms with Gasteiger partial charge in [0.15, 0.2) is 0 Å². The Morgan fingerprint density at radius 1 is 1.03 bits per heavy atom. The molecule has 208 valence electrons. The second kappa shape index (κ2) is 12.1. The summed E-state index contributed by atoms with van der Waals surface area (Å²) in [6, 6.07) is 8.16. The van der Waals surface area contributed by atoms with Crippen molar-refractivity contribution in [3.05, 3.63) is 82.5 Å². The zero-order valence-electron chi connectivity index (χ0n) is 23.1. The van der Waals surface area contributed by atoms with Gasteiger partial charge in [-0.05, 0) is 59.9 Å². The van der Waals surface area contributed by atoms with Crippen LogP contribution >= 0.6 is 11.6 Å². The molecule has 2 heterocycles. The van der Waals surface area contributed by atoms with Crippen LogP contribution in [0.5, 0.6) is 0 Å². The van der Waals surface area contributed by atoms with Crippen molar-refractivity contribution in [1.29, 1.82) is 0 Å². The van der Waals surface area contributed by atoms with Crippen molar-refractivity contribution < 1.29 is 9.59 Å². The molecule has 3 amide bonds. The van der Waals surface area contributed by atoms with E-state index in [0.29, 0.717) is 37.3 Å². The highest BCUT2D eigenvalue weighted by atomic mass is 35.5. The van der Waals surface area contributed by atoms with E-state index in [1.807, 2.05) is 12.1 Å². The van der Waals surface area contributed by atoms with Gasteiger partial charge in [-0.3, -0.25) is 9.69 Å². The number of halogens is 1. The molecule has 6 nitrogen and oxygen atoms in total. The molecular weight excluding hydrogens is 508 g/mol. The van der Waals surface area contributed by atoms with Crippen LogP contribution in [-0.2, 0) is 4.79 Å². The molecule has 0 saturated carbocycles. The molecule has 2 N–H and O–H groups in total. The highest BCUT2D eigenvalue weighted by Crippen LogP contribution is 2.41. The van der Waals surface area contributed by atoms with Gasteiger partial charge in [0.2, 0.25) is 5.91 Å². The van der Waals surface area contributed by atoms with E-state index >= 15 is 0 Å². The molecular formula is C32H41ClN4O2. The molecule has 2 fully saturated rings. The summed E-state index contributed by atoms with van der Waals surface area (Å²) in [5.41, 5.74) is 9.42. The van der Waals surface area contributed by atoms with E-state index in [4.69, 9.17) is 17.3 Å². The molecule has 0 aromatic heterocycles. The monoisotopic (exact) mass is 548 g/mol. The molecule has 1 aromatic carbocycles. The molecule has 39 heavy (non-hydrogen) atoms. The first kappa shape index (κ1) is 27.7. The summed E-state index contributed by atoms with van der Waals surface area (Å²) in [6.45, 7) is 8.11. The third-order valence-electron chi connectivity index (χ3n) is 8.93. The van der Waals surface area contributed by atoms with Crippen LogP contribution in [0.25, 0.3) is 0 Å². The molecule has 0 bridgehead atoms. The SMILES string of the molecule is CC(C)[C@H]1CN(C(C2=C3C=CC=CC3CC=C2)c2ccc(Cl)cc2)CCN1C(=O)CC1CCN(C(N)=O)CC1. The molecule has 2 saturated heterocycles. The third-order valence-corrected chi connectivity index (χ3v) is 9.18. The van der Waals surface area contributed by atoms with Gasteiger partial charge < -0.3 is 15.5 Å². The largest absolute Gasteiger partial charge is 0.351 e. The highest BCUT2D eigenvalue weighted by molar-refractivity contribution is 6.30. The van der Waals surface area contributed by atoms with Crippen molar-refractivity contribution in [1.82, 2.24) is 14.7 Å². The van der Waals surface area contributed by atoms with Crippen molar-refractivity contribution in [2.45, 2.75) is 51.6 Å². The second-order valence-corrected chi connectivity index (χ2v) is 12.2. The van der Waals surface area contributed by atoms with Crippen LogP contribution in [0.1, 0.15) is 51.1 Å². The molecule has 2 aliphatic carbocycles. The number of amides is 3. The number of allylic oxidation sites excluding steroid dienone is 6. The van der Waals surface area contributed by atoms with Crippen LogP contribution in [0.3, 0.4) is 0 Å². The molecule has 2 aliphatic heterocycles. The minimum Gasteiger partial charge on any atom is -0.351 e. The summed E-state index contributed by atoms with van der Waals surface area (Å²) in [7, 11) is 0. The van der Waals surface area contributed by atoms with Gasteiger partial charge in [0, 0.05) is 56.1 Å². The molecule has 0 spiro atoms. The Balaban J connectivity index is 1.36. The first-order chi connectivity index (χ1) is 18.8. The topological polar surface area (TPSA) is 69.9 Å². The molecule has 7 heteroatoms. The van der Waals surface area contributed by atoms with E-state index in [-0.39, 0.29) is 24.0 Å². The quantitative estimate of drug-likeness (QED) is 0.493. The van der Waals surface area contributed by atoms with Crippen molar-refractivity contribution in [3.63, 3.8) is 0 Å². The van der Waals surface area contributed by atoms with E-state index in [9.17, 15) is 9.59 Å². The fourth-order valence-electron chi connectivity index (χ4n) is 6.69. The van der Waals surface area contributed by atoms with Crippen LogP contribution < -0.4 is 5.73 Å². The van der Waals surface area contributed by atoms with Crippen LogP contribution in [0.2, 0.25) is 5.02 Å². The summed E-state index contributed by atoms with van der Waals surface area (Å²) >= 11 is 6.29. The fraction of sp³-hybridized carbons (Fsp3) is 0.500. The maximum absolute atomic E-state index is 13.6. The number of likely N-dealkylation sites (tertiary alicyclic amines) is 1. The Bertz CT molecular complexity index is 1180. The number of nitrogens with two attached hydrogens (primary N) is 1. The summed E-state index contributed by atoms with van der Waals surface area (Å²) < 4.78 is 0. The Morgan fingerprint density at radius 3 is 2.46 bits per heavy atom. The number of piperidine rings is 1. The predicted molar refractivity (Wildman–Crippen MR) is 157 cm³/mol. The van der Waals surface area contributed by atoms with Gasteiger partial charge in [-0.2, -0.15) is 0 Å². The number of rotatable bonds is 6. The highest BCUT2D eigenvalue weighted by Gasteiger charge is 2.38. The lowest BCUT2D eigenvalue weighted by Crippen LogP contribution is -2.58. The summed E-state index contributed by atoms with van der Waals surface area (Å²) in [5, 5.41) is 0.741. The molecule has 1 aromatic rings. The summed E-state index contributed by atoms with van der Waals surface area (Å²) in [5.74, 6) is 1.30. The maximum atomic E-state index is 13.6.